The van der Waals surface area contributed by atoms with Gasteiger partial charge in [0.15, 0.2) is 6.29 Å². The van der Waals surface area contributed by atoms with Crippen LogP contribution in [0.4, 0.5) is 22.0 Å². The summed E-state index contributed by atoms with van der Waals surface area (Å²) in [4.78, 5) is -3.87. The van der Waals surface area contributed by atoms with E-state index in [1.807, 2.05) is 15.9 Å². The van der Waals surface area contributed by atoms with Gasteiger partial charge >= 0.3 is 4.83 Å². The molecule has 0 atom stereocenters. The molecule has 164 valence electrons. The number of benzene rings is 2. The van der Waals surface area contributed by atoms with Gasteiger partial charge in [-0.2, -0.15) is 8.78 Å². The van der Waals surface area contributed by atoms with Crippen LogP contribution in [0.5, 0.6) is 0 Å². The van der Waals surface area contributed by atoms with E-state index in [1.165, 1.54) is 18.2 Å². The van der Waals surface area contributed by atoms with E-state index in [0.29, 0.717) is 36.8 Å². The number of hydrogen-bond acceptors (Lipinski definition) is 2. The van der Waals surface area contributed by atoms with E-state index < -0.39 is 34.1 Å². The summed E-state index contributed by atoms with van der Waals surface area (Å²) in [6, 6.07) is 5.38. The third-order valence-electron chi connectivity index (χ3n) is 5.08. The van der Waals surface area contributed by atoms with Crippen LogP contribution in [-0.4, -0.2) is 13.2 Å². The molecule has 3 rings (SSSR count). The summed E-state index contributed by atoms with van der Waals surface area (Å²) in [6.07, 6.45) is 3.68. The smallest absolute Gasteiger partial charge is 0.332 e. The molecule has 1 heterocycles. The van der Waals surface area contributed by atoms with Crippen molar-refractivity contribution < 1.29 is 31.4 Å². The van der Waals surface area contributed by atoms with Crippen LogP contribution in [0.25, 0.3) is 11.1 Å². The highest BCUT2D eigenvalue weighted by Crippen LogP contribution is 2.40. The summed E-state index contributed by atoms with van der Waals surface area (Å²) in [5.74, 6) is -3.40. The first kappa shape index (κ1) is 23.2. The van der Waals surface area contributed by atoms with Crippen LogP contribution in [0.3, 0.4) is 0 Å². The Morgan fingerprint density at radius 1 is 0.967 bits per heavy atom. The predicted molar refractivity (Wildman–Crippen MR) is 107 cm³/mol. The molecule has 0 unspecified atom stereocenters. The average molecular weight is 493 g/mol. The van der Waals surface area contributed by atoms with Crippen molar-refractivity contribution in [2.24, 2.45) is 5.92 Å². The Morgan fingerprint density at radius 3 is 2.13 bits per heavy atom. The van der Waals surface area contributed by atoms with Gasteiger partial charge in [0.2, 0.25) is 0 Å². The molecule has 0 saturated carbocycles. The molecule has 0 aromatic heterocycles. The number of hydrogen-bond donors (Lipinski definition) is 0. The maximum Gasteiger partial charge on any atom is 0.332 e. The molecule has 2 aromatic carbocycles. The van der Waals surface area contributed by atoms with Gasteiger partial charge in [-0.25, -0.2) is 13.2 Å². The minimum Gasteiger partial charge on any atom is -0.348 e. The van der Waals surface area contributed by atoms with E-state index in [-0.39, 0.29) is 11.1 Å². The zero-order valence-electron chi connectivity index (χ0n) is 16.4. The lowest BCUT2D eigenvalue weighted by molar-refractivity contribution is -0.206. The SMILES string of the molecule is CCCCCC1COC(c2ccc(-c3cc(F)c(C(F)(F)Br)c(F)c3)c(F)c2)OC1. The highest BCUT2D eigenvalue weighted by molar-refractivity contribution is 9.09. The first-order valence-corrected chi connectivity index (χ1v) is 10.6. The summed E-state index contributed by atoms with van der Waals surface area (Å²) >= 11 is 1.94. The van der Waals surface area contributed by atoms with Gasteiger partial charge in [-0.3, -0.25) is 0 Å². The van der Waals surface area contributed by atoms with Gasteiger partial charge < -0.3 is 9.47 Å². The zero-order valence-corrected chi connectivity index (χ0v) is 18.0. The standard InChI is InChI=1S/C22H22BrF5O2/c1-2-3-4-5-13-11-29-21(30-12-13)14-6-7-16(17(24)8-14)15-9-18(25)20(19(26)10-15)22(23,27)28/h6-10,13,21H,2-5,11-12H2,1H3. The van der Waals surface area contributed by atoms with Crippen LogP contribution in [0.1, 0.15) is 50.0 Å². The molecule has 2 nitrogen and oxygen atoms in total. The molecule has 0 aliphatic carbocycles. The van der Waals surface area contributed by atoms with E-state index in [4.69, 9.17) is 9.47 Å². The maximum atomic E-state index is 14.7. The molecule has 1 aliphatic heterocycles. The van der Waals surface area contributed by atoms with Gasteiger partial charge in [0.1, 0.15) is 23.0 Å². The van der Waals surface area contributed by atoms with Crippen molar-refractivity contribution >= 4 is 15.9 Å². The summed E-state index contributed by atoms with van der Waals surface area (Å²) in [6.45, 7) is 3.16. The summed E-state index contributed by atoms with van der Waals surface area (Å²) < 4.78 is 80.7. The first-order valence-electron chi connectivity index (χ1n) is 9.80. The largest absolute Gasteiger partial charge is 0.348 e. The highest BCUT2D eigenvalue weighted by atomic mass is 79.9. The molecule has 1 aliphatic rings. The maximum absolute atomic E-state index is 14.7. The summed E-state index contributed by atoms with van der Waals surface area (Å²) in [5.41, 5.74) is -1.28. The Bertz CT molecular complexity index is 853. The average Bonchev–Trinajstić information content (AvgIpc) is 2.67. The molecule has 0 spiro atoms. The van der Waals surface area contributed by atoms with Crippen molar-refractivity contribution in [2.45, 2.75) is 43.7 Å². The molecule has 1 fully saturated rings. The second-order valence-electron chi connectivity index (χ2n) is 7.41. The Kier molecular flexibility index (Phi) is 7.52. The molecular weight excluding hydrogens is 471 g/mol. The van der Waals surface area contributed by atoms with Crippen molar-refractivity contribution in [1.29, 1.82) is 0 Å². The fourth-order valence-corrected chi connectivity index (χ4v) is 3.88. The van der Waals surface area contributed by atoms with E-state index in [1.54, 1.807) is 0 Å². The summed E-state index contributed by atoms with van der Waals surface area (Å²) in [7, 11) is 0. The predicted octanol–water partition coefficient (Wildman–Crippen LogP) is 7.46. The molecular formula is C22H22BrF5O2. The lowest BCUT2D eigenvalue weighted by Crippen LogP contribution is -2.27. The van der Waals surface area contributed by atoms with E-state index >= 15 is 0 Å². The molecule has 1 saturated heterocycles. The number of unbranched alkanes of at least 4 members (excludes halogenated alkanes) is 2. The van der Waals surface area contributed by atoms with Crippen LogP contribution in [-0.2, 0) is 14.3 Å². The fraction of sp³-hybridized carbons (Fsp3) is 0.455. The van der Waals surface area contributed by atoms with Crippen molar-refractivity contribution in [2.75, 3.05) is 13.2 Å². The Labute approximate surface area is 180 Å². The number of halogens is 6. The molecule has 0 radical (unpaired) electrons. The van der Waals surface area contributed by atoms with Crippen LogP contribution < -0.4 is 0 Å². The van der Waals surface area contributed by atoms with Gasteiger partial charge in [0.25, 0.3) is 0 Å². The molecule has 8 heteroatoms. The Balaban J connectivity index is 1.74. The number of ether oxygens (including phenoxy) is 2. The lowest BCUT2D eigenvalue weighted by Gasteiger charge is -2.29. The zero-order chi connectivity index (χ0) is 21.9. The minimum absolute atomic E-state index is 0.116. The third kappa shape index (κ3) is 5.39. The molecule has 2 aromatic rings. The topological polar surface area (TPSA) is 18.5 Å². The number of rotatable bonds is 7. The van der Waals surface area contributed by atoms with Gasteiger partial charge in [-0.15, -0.1) is 0 Å². The first-order chi connectivity index (χ1) is 14.2. The summed E-state index contributed by atoms with van der Waals surface area (Å²) in [5, 5.41) is 0. The quantitative estimate of drug-likeness (QED) is 0.227. The third-order valence-corrected chi connectivity index (χ3v) is 5.48. The van der Waals surface area contributed by atoms with Gasteiger partial charge in [-0.05, 0) is 46.1 Å². The van der Waals surface area contributed by atoms with Crippen LogP contribution in [0.2, 0.25) is 0 Å². The van der Waals surface area contributed by atoms with Gasteiger partial charge in [0.05, 0.1) is 13.2 Å². The van der Waals surface area contributed by atoms with Gasteiger partial charge in [-0.1, -0.05) is 38.3 Å². The second kappa shape index (κ2) is 9.75. The molecule has 0 N–H and O–H groups in total. The van der Waals surface area contributed by atoms with E-state index in [9.17, 15) is 22.0 Å². The monoisotopic (exact) mass is 492 g/mol. The normalized spacial score (nSPS) is 19.8. The second-order valence-corrected chi connectivity index (χ2v) is 8.41. The minimum atomic E-state index is -3.87. The molecule has 0 bridgehead atoms. The van der Waals surface area contributed by atoms with E-state index in [2.05, 4.69) is 6.92 Å². The Hall–Kier alpha value is -1.51. The van der Waals surface area contributed by atoms with Crippen molar-refractivity contribution in [1.82, 2.24) is 0 Å². The van der Waals surface area contributed by atoms with Crippen LogP contribution in [0.15, 0.2) is 30.3 Å². The Morgan fingerprint density at radius 2 is 1.60 bits per heavy atom. The van der Waals surface area contributed by atoms with Crippen molar-refractivity contribution in [3.05, 3.63) is 58.9 Å². The van der Waals surface area contributed by atoms with E-state index in [0.717, 1.165) is 25.7 Å². The fourth-order valence-electron chi connectivity index (χ4n) is 3.50. The van der Waals surface area contributed by atoms with Crippen molar-refractivity contribution in [3.8, 4) is 11.1 Å². The number of alkyl halides is 3. The highest BCUT2D eigenvalue weighted by Gasteiger charge is 2.35. The van der Waals surface area contributed by atoms with Crippen molar-refractivity contribution in [3.63, 3.8) is 0 Å². The van der Waals surface area contributed by atoms with Crippen LogP contribution in [0, 0.1) is 23.4 Å². The van der Waals surface area contributed by atoms with Gasteiger partial charge in [0, 0.05) is 17.0 Å². The molecule has 30 heavy (non-hydrogen) atoms. The lowest BCUT2D eigenvalue weighted by atomic mass is 10.00. The molecule has 0 amide bonds. The van der Waals surface area contributed by atoms with Crippen LogP contribution >= 0.6 is 15.9 Å².